The van der Waals surface area contributed by atoms with E-state index in [0.717, 1.165) is 5.56 Å². The Labute approximate surface area is 123 Å². The molecule has 112 valence electrons. The van der Waals surface area contributed by atoms with Crippen molar-refractivity contribution in [3.05, 3.63) is 35.9 Å². The Morgan fingerprint density at radius 2 is 1.81 bits per heavy atom. The minimum absolute atomic E-state index is 0.0925. The maximum atomic E-state index is 12.4. The summed E-state index contributed by atoms with van der Waals surface area (Å²) in [5.41, 5.74) is -0.207. The first-order chi connectivity index (χ1) is 10.0. The largest absolute Gasteiger partial charge is 0.468 e. The van der Waals surface area contributed by atoms with Gasteiger partial charge in [-0.2, -0.15) is 0 Å². The molecule has 1 fully saturated rings. The number of benzene rings is 1. The lowest BCUT2D eigenvalue weighted by Gasteiger charge is -2.37. The molecule has 2 unspecified atom stereocenters. The molecule has 2 atom stereocenters. The van der Waals surface area contributed by atoms with Gasteiger partial charge in [0, 0.05) is 6.42 Å². The first-order valence-electron chi connectivity index (χ1n) is 6.79. The van der Waals surface area contributed by atoms with Gasteiger partial charge in [-0.3, -0.25) is 14.4 Å². The fraction of sp³-hybridized carbons (Fsp3) is 0.438. The number of esters is 2. The number of ether oxygens (including phenoxy) is 2. The zero-order chi connectivity index (χ0) is 15.5. The molecule has 2 rings (SSSR count). The lowest BCUT2D eigenvalue weighted by Crippen LogP contribution is -2.46. The first kappa shape index (κ1) is 15.2. The van der Waals surface area contributed by atoms with E-state index >= 15 is 0 Å². The lowest BCUT2D eigenvalue weighted by atomic mass is 9.65. The SMILES string of the molecule is COC(=O)C1CC(C(=O)OC)(c2ccccc2)CCC1=O. The van der Waals surface area contributed by atoms with Crippen LogP contribution in [0, 0.1) is 5.92 Å². The van der Waals surface area contributed by atoms with E-state index in [1.54, 1.807) is 0 Å². The van der Waals surface area contributed by atoms with Crippen molar-refractivity contribution in [3.63, 3.8) is 0 Å². The Morgan fingerprint density at radius 3 is 2.38 bits per heavy atom. The molecule has 1 saturated carbocycles. The molecule has 1 aromatic rings. The van der Waals surface area contributed by atoms with Gasteiger partial charge in [0.2, 0.25) is 0 Å². The smallest absolute Gasteiger partial charge is 0.316 e. The third-order valence-corrected chi connectivity index (χ3v) is 4.13. The van der Waals surface area contributed by atoms with Crippen molar-refractivity contribution >= 4 is 17.7 Å². The van der Waals surface area contributed by atoms with Gasteiger partial charge in [0.05, 0.1) is 19.6 Å². The minimum Gasteiger partial charge on any atom is -0.468 e. The van der Waals surface area contributed by atoms with Crippen LogP contribution in [0.25, 0.3) is 0 Å². The van der Waals surface area contributed by atoms with Crippen molar-refractivity contribution in [3.8, 4) is 0 Å². The quantitative estimate of drug-likeness (QED) is 0.625. The van der Waals surface area contributed by atoms with Crippen LogP contribution in [0.2, 0.25) is 0 Å². The third-order valence-electron chi connectivity index (χ3n) is 4.13. The molecule has 1 aliphatic carbocycles. The number of carbonyl (C=O) groups excluding carboxylic acids is 3. The molecule has 0 amide bonds. The number of methoxy groups -OCH3 is 2. The second-order valence-electron chi connectivity index (χ2n) is 5.19. The highest BCUT2D eigenvalue weighted by atomic mass is 16.5. The Bertz CT molecular complexity index is 543. The third kappa shape index (κ3) is 2.68. The van der Waals surface area contributed by atoms with Crippen LogP contribution in [0.15, 0.2) is 30.3 Å². The van der Waals surface area contributed by atoms with Crippen LogP contribution in [0.3, 0.4) is 0 Å². The van der Waals surface area contributed by atoms with Crippen LogP contribution in [0.4, 0.5) is 0 Å². The number of rotatable bonds is 3. The van der Waals surface area contributed by atoms with Crippen molar-refractivity contribution in [2.24, 2.45) is 5.92 Å². The minimum atomic E-state index is -0.969. The fourth-order valence-electron chi connectivity index (χ4n) is 2.95. The molecule has 0 spiro atoms. The van der Waals surface area contributed by atoms with Crippen molar-refractivity contribution in [1.82, 2.24) is 0 Å². The topological polar surface area (TPSA) is 69.7 Å². The second-order valence-corrected chi connectivity index (χ2v) is 5.19. The molecule has 0 N–H and O–H groups in total. The highest BCUT2D eigenvalue weighted by molar-refractivity contribution is 6.01. The predicted molar refractivity (Wildman–Crippen MR) is 74.5 cm³/mol. The molecule has 5 heteroatoms. The van der Waals surface area contributed by atoms with E-state index in [9.17, 15) is 14.4 Å². The van der Waals surface area contributed by atoms with Crippen LogP contribution in [-0.4, -0.2) is 31.9 Å². The second kappa shape index (κ2) is 6.08. The van der Waals surface area contributed by atoms with Crippen LogP contribution in [-0.2, 0) is 29.3 Å². The highest BCUT2D eigenvalue weighted by Gasteiger charge is 2.50. The van der Waals surface area contributed by atoms with Gasteiger partial charge < -0.3 is 9.47 Å². The van der Waals surface area contributed by atoms with Crippen LogP contribution < -0.4 is 0 Å². The summed E-state index contributed by atoms with van der Waals surface area (Å²) >= 11 is 0. The van der Waals surface area contributed by atoms with Crippen molar-refractivity contribution in [2.75, 3.05) is 14.2 Å². The number of hydrogen-bond acceptors (Lipinski definition) is 5. The zero-order valence-corrected chi connectivity index (χ0v) is 12.1. The number of Topliss-reactive ketones (excluding diaryl/α,β-unsaturated/α-hetero) is 1. The van der Waals surface area contributed by atoms with Crippen molar-refractivity contribution < 1.29 is 23.9 Å². The van der Waals surface area contributed by atoms with E-state index in [4.69, 9.17) is 9.47 Å². The molecule has 0 radical (unpaired) electrons. The Morgan fingerprint density at radius 1 is 1.14 bits per heavy atom. The van der Waals surface area contributed by atoms with Crippen LogP contribution in [0.5, 0.6) is 0 Å². The van der Waals surface area contributed by atoms with E-state index < -0.39 is 23.3 Å². The molecule has 0 aromatic heterocycles. The van der Waals surface area contributed by atoms with Gasteiger partial charge in [-0.1, -0.05) is 30.3 Å². The zero-order valence-electron chi connectivity index (χ0n) is 12.1. The Balaban J connectivity index is 2.44. The fourth-order valence-corrected chi connectivity index (χ4v) is 2.95. The number of carbonyl (C=O) groups is 3. The summed E-state index contributed by atoms with van der Waals surface area (Å²) in [5, 5.41) is 0. The summed E-state index contributed by atoms with van der Waals surface area (Å²) in [4.78, 5) is 36.2. The average Bonchev–Trinajstić information content (AvgIpc) is 2.55. The molecule has 5 nitrogen and oxygen atoms in total. The monoisotopic (exact) mass is 290 g/mol. The molecular formula is C16H18O5. The van der Waals surface area contributed by atoms with Crippen molar-refractivity contribution in [1.29, 1.82) is 0 Å². The van der Waals surface area contributed by atoms with E-state index in [1.807, 2.05) is 30.3 Å². The molecular weight excluding hydrogens is 272 g/mol. The molecule has 0 aliphatic heterocycles. The normalized spacial score (nSPS) is 25.2. The number of ketones is 1. The van der Waals surface area contributed by atoms with Gasteiger partial charge in [0.15, 0.2) is 0 Å². The molecule has 21 heavy (non-hydrogen) atoms. The molecule has 1 aromatic carbocycles. The van der Waals surface area contributed by atoms with E-state index in [-0.39, 0.29) is 18.6 Å². The highest BCUT2D eigenvalue weighted by Crippen LogP contribution is 2.42. The van der Waals surface area contributed by atoms with Crippen molar-refractivity contribution in [2.45, 2.75) is 24.7 Å². The summed E-state index contributed by atoms with van der Waals surface area (Å²) in [5.74, 6) is -2.11. The summed E-state index contributed by atoms with van der Waals surface area (Å²) in [6.07, 6.45) is 0.592. The van der Waals surface area contributed by atoms with Crippen LogP contribution in [0.1, 0.15) is 24.8 Å². The van der Waals surface area contributed by atoms with Gasteiger partial charge in [-0.25, -0.2) is 0 Å². The standard InChI is InChI=1S/C16H18O5/c1-20-14(18)12-10-16(15(19)21-2,9-8-13(12)17)11-6-4-3-5-7-11/h3-7,12H,8-10H2,1-2H3. The summed E-state index contributed by atoms with van der Waals surface area (Å²) < 4.78 is 9.63. The van der Waals surface area contributed by atoms with E-state index in [0.29, 0.717) is 6.42 Å². The molecule has 1 aliphatic rings. The molecule has 0 heterocycles. The number of hydrogen-bond donors (Lipinski definition) is 0. The predicted octanol–water partition coefficient (Wildman–Crippen LogP) is 1.64. The van der Waals surface area contributed by atoms with Gasteiger partial charge in [0.1, 0.15) is 11.7 Å². The Hall–Kier alpha value is -2.17. The first-order valence-corrected chi connectivity index (χ1v) is 6.79. The van der Waals surface area contributed by atoms with Gasteiger partial charge >= 0.3 is 11.9 Å². The van der Waals surface area contributed by atoms with Gasteiger partial charge in [-0.05, 0) is 18.4 Å². The summed E-state index contributed by atoms with van der Waals surface area (Å²) in [6.45, 7) is 0. The summed E-state index contributed by atoms with van der Waals surface area (Å²) in [6, 6.07) is 9.13. The lowest BCUT2D eigenvalue weighted by molar-refractivity contribution is -0.157. The van der Waals surface area contributed by atoms with Crippen LogP contribution >= 0.6 is 0 Å². The van der Waals surface area contributed by atoms with Gasteiger partial charge in [0.25, 0.3) is 0 Å². The summed E-state index contributed by atoms with van der Waals surface area (Å²) in [7, 11) is 2.56. The van der Waals surface area contributed by atoms with E-state index in [1.165, 1.54) is 14.2 Å². The maximum absolute atomic E-state index is 12.4. The maximum Gasteiger partial charge on any atom is 0.316 e. The van der Waals surface area contributed by atoms with Gasteiger partial charge in [-0.15, -0.1) is 0 Å². The average molecular weight is 290 g/mol. The molecule has 0 saturated heterocycles. The van der Waals surface area contributed by atoms with E-state index in [2.05, 4.69) is 0 Å². The Kier molecular flexibility index (Phi) is 4.40. The molecule has 0 bridgehead atoms.